The molecule has 0 saturated carbocycles. The molecule has 0 amide bonds. The highest BCUT2D eigenvalue weighted by atomic mass is 32.2. The van der Waals surface area contributed by atoms with Gasteiger partial charge in [-0.2, -0.15) is 9.40 Å². The largest absolute Gasteiger partial charge is 0.387 e. The third-order valence-corrected chi connectivity index (χ3v) is 6.48. The summed E-state index contributed by atoms with van der Waals surface area (Å²) in [6.45, 7) is 4.66. The molecule has 0 bridgehead atoms. The maximum atomic E-state index is 12.7. The fourth-order valence-electron chi connectivity index (χ4n) is 3.09. The molecule has 1 aliphatic heterocycles. The Morgan fingerprint density at radius 3 is 2.65 bits per heavy atom. The molecule has 6 nitrogen and oxygen atoms in total. The summed E-state index contributed by atoms with van der Waals surface area (Å²) in [6, 6.07) is 6.11. The van der Waals surface area contributed by atoms with E-state index in [1.54, 1.807) is 24.3 Å². The van der Waals surface area contributed by atoms with Crippen molar-refractivity contribution in [2.24, 2.45) is 0 Å². The van der Waals surface area contributed by atoms with Gasteiger partial charge < -0.3 is 5.11 Å². The number of rotatable bonds is 3. The quantitative estimate of drug-likeness (QED) is 0.922. The highest BCUT2D eigenvalue weighted by Gasteiger charge is 2.41. The van der Waals surface area contributed by atoms with Crippen molar-refractivity contribution in [2.75, 3.05) is 7.05 Å². The van der Waals surface area contributed by atoms with Crippen LogP contribution in [0.1, 0.15) is 29.8 Å². The van der Waals surface area contributed by atoms with E-state index in [1.807, 2.05) is 24.7 Å². The molecule has 23 heavy (non-hydrogen) atoms. The first kappa shape index (κ1) is 16.2. The normalized spacial score (nSPS) is 23.7. The van der Waals surface area contributed by atoms with Crippen LogP contribution in [0.25, 0.3) is 0 Å². The topological polar surface area (TPSA) is 75.4 Å². The molecule has 1 aliphatic rings. The van der Waals surface area contributed by atoms with Gasteiger partial charge in [-0.3, -0.25) is 4.68 Å². The molecule has 1 aromatic heterocycles. The van der Waals surface area contributed by atoms with Crippen molar-refractivity contribution >= 4 is 10.0 Å². The van der Waals surface area contributed by atoms with Crippen LogP contribution in [0.2, 0.25) is 0 Å². The van der Waals surface area contributed by atoms with Crippen molar-refractivity contribution in [3.05, 3.63) is 47.3 Å². The smallest absolute Gasteiger partial charge is 0.243 e. The SMILES string of the molecule is CCn1cc(C[C@@H]2[C@@H](O)c3ccccc3S(=O)(=O)N2C)c(C)n1. The van der Waals surface area contributed by atoms with Crippen molar-refractivity contribution in [1.82, 2.24) is 14.1 Å². The number of likely N-dealkylation sites (N-methyl/N-ethyl adjacent to an activating group) is 1. The maximum absolute atomic E-state index is 12.7. The minimum absolute atomic E-state index is 0.187. The first-order valence-electron chi connectivity index (χ1n) is 7.64. The van der Waals surface area contributed by atoms with E-state index < -0.39 is 22.2 Å². The molecular weight excluding hydrogens is 314 g/mol. The number of aliphatic hydroxyl groups excluding tert-OH is 1. The van der Waals surface area contributed by atoms with Gasteiger partial charge in [0.2, 0.25) is 10.0 Å². The van der Waals surface area contributed by atoms with Gasteiger partial charge in [0.05, 0.1) is 22.7 Å². The lowest BCUT2D eigenvalue weighted by atomic mass is 9.96. The van der Waals surface area contributed by atoms with E-state index in [0.717, 1.165) is 17.8 Å². The van der Waals surface area contributed by atoms with Crippen LogP contribution in [-0.4, -0.2) is 40.7 Å². The lowest BCUT2D eigenvalue weighted by Gasteiger charge is -2.37. The van der Waals surface area contributed by atoms with Gasteiger partial charge in [0.1, 0.15) is 0 Å². The summed E-state index contributed by atoms with van der Waals surface area (Å²) in [5.41, 5.74) is 2.29. The first-order chi connectivity index (χ1) is 10.9. The number of aryl methyl sites for hydroxylation is 2. The molecule has 2 aromatic rings. The lowest BCUT2D eigenvalue weighted by molar-refractivity contribution is 0.0891. The van der Waals surface area contributed by atoms with Gasteiger partial charge in [0.25, 0.3) is 0 Å². The van der Waals surface area contributed by atoms with Crippen LogP contribution in [0.3, 0.4) is 0 Å². The first-order valence-corrected chi connectivity index (χ1v) is 9.08. The second-order valence-electron chi connectivity index (χ2n) is 5.87. The zero-order valence-corrected chi connectivity index (χ0v) is 14.3. The number of fused-ring (bicyclic) bond motifs is 1. The van der Waals surface area contributed by atoms with Crippen LogP contribution in [0.15, 0.2) is 35.4 Å². The number of sulfonamides is 1. The summed E-state index contributed by atoms with van der Waals surface area (Å²) >= 11 is 0. The zero-order valence-electron chi connectivity index (χ0n) is 13.5. The molecule has 0 fully saturated rings. The van der Waals surface area contributed by atoms with E-state index >= 15 is 0 Å². The third-order valence-electron chi connectivity index (χ3n) is 4.53. The van der Waals surface area contributed by atoms with E-state index in [1.165, 1.54) is 11.4 Å². The van der Waals surface area contributed by atoms with Crippen molar-refractivity contribution in [3.8, 4) is 0 Å². The molecule has 0 unspecified atom stereocenters. The number of hydrogen-bond acceptors (Lipinski definition) is 4. The van der Waals surface area contributed by atoms with Crippen LogP contribution in [0, 0.1) is 6.92 Å². The number of hydrogen-bond donors (Lipinski definition) is 1. The predicted octanol–water partition coefficient (Wildman–Crippen LogP) is 1.49. The minimum Gasteiger partial charge on any atom is -0.387 e. The van der Waals surface area contributed by atoms with Gasteiger partial charge in [0, 0.05) is 25.4 Å². The standard InChI is InChI=1S/C16H21N3O3S/c1-4-19-10-12(11(2)17-19)9-14-16(20)13-7-5-6-8-15(13)23(21,22)18(14)3/h5-8,10,14,16,20H,4,9H2,1-3H3/t14-,16+/m1/s1. The Morgan fingerprint density at radius 1 is 1.30 bits per heavy atom. The van der Waals surface area contributed by atoms with Crippen LogP contribution in [0.5, 0.6) is 0 Å². The Kier molecular flexibility index (Phi) is 4.03. The molecule has 7 heteroatoms. The fourth-order valence-corrected chi connectivity index (χ4v) is 4.68. The van der Waals surface area contributed by atoms with E-state index in [-0.39, 0.29) is 4.90 Å². The van der Waals surface area contributed by atoms with Gasteiger partial charge >= 0.3 is 0 Å². The van der Waals surface area contributed by atoms with Crippen molar-refractivity contribution in [3.63, 3.8) is 0 Å². The van der Waals surface area contributed by atoms with E-state index in [9.17, 15) is 13.5 Å². The van der Waals surface area contributed by atoms with E-state index in [4.69, 9.17) is 0 Å². The maximum Gasteiger partial charge on any atom is 0.243 e. The van der Waals surface area contributed by atoms with Crippen LogP contribution in [-0.2, 0) is 23.0 Å². The van der Waals surface area contributed by atoms with Crippen LogP contribution in [0.4, 0.5) is 0 Å². The Hall–Kier alpha value is -1.70. The Morgan fingerprint density at radius 2 is 2.00 bits per heavy atom. The Bertz CT molecular complexity index is 829. The van der Waals surface area contributed by atoms with Gasteiger partial charge in [-0.05, 0) is 31.9 Å². The monoisotopic (exact) mass is 335 g/mol. The Balaban J connectivity index is 2.02. The molecule has 1 N–H and O–H groups in total. The second kappa shape index (κ2) is 5.74. The highest BCUT2D eigenvalue weighted by Crippen LogP contribution is 2.37. The predicted molar refractivity (Wildman–Crippen MR) is 86.5 cm³/mol. The summed E-state index contributed by atoms with van der Waals surface area (Å²) in [7, 11) is -2.06. The Labute approximate surface area is 136 Å². The fraction of sp³-hybridized carbons (Fsp3) is 0.438. The molecule has 124 valence electrons. The van der Waals surface area contributed by atoms with Gasteiger partial charge in [0.15, 0.2) is 0 Å². The summed E-state index contributed by atoms with van der Waals surface area (Å²) in [4.78, 5) is 0.187. The summed E-state index contributed by atoms with van der Waals surface area (Å²) < 4.78 is 28.5. The number of aliphatic hydroxyl groups is 1. The van der Waals surface area contributed by atoms with Crippen molar-refractivity contribution in [1.29, 1.82) is 0 Å². The van der Waals surface area contributed by atoms with Crippen LogP contribution >= 0.6 is 0 Å². The number of benzene rings is 1. The van der Waals surface area contributed by atoms with Crippen LogP contribution < -0.4 is 0 Å². The number of aromatic nitrogens is 2. The van der Waals surface area contributed by atoms with Gasteiger partial charge in [-0.25, -0.2) is 8.42 Å². The van der Waals surface area contributed by atoms with Gasteiger partial charge in [-0.1, -0.05) is 18.2 Å². The third kappa shape index (κ3) is 2.58. The van der Waals surface area contributed by atoms with Crippen molar-refractivity contribution in [2.45, 2.75) is 43.9 Å². The highest BCUT2D eigenvalue weighted by molar-refractivity contribution is 7.89. The zero-order chi connectivity index (χ0) is 16.8. The molecule has 0 spiro atoms. The summed E-state index contributed by atoms with van der Waals surface area (Å²) in [5.74, 6) is 0. The molecular formula is C16H21N3O3S. The number of nitrogens with zero attached hydrogens (tertiary/aromatic N) is 3. The van der Waals surface area contributed by atoms with Crippen molar-refractivity contribution < 1.29 is 13.5 Å². The second-order valence-corrected chi connectivity index (χ2v) is 7.84. The summed E-state index contributed by atoms with van der Waals surface area (Å²) in [6.07, 6.45) is 1.49. The molecule has 0 saturated heterocycles. The molecule has 2 atom stereocenters. The molecule has 3 rings (SSSR count). The average molecular weight is 335 g/mol. The molecule has 2 heterocycles. The van der Waals surface area contributed by atoms with Gasteiger partial charge in [-0.15, -0.1) is 0 Å². The summed E-state index contributed by atoms with van der Waals surface area (Å²) in [5, 5.41) is 15.1. The molecule has 1 aromatic carbocycles. The minimum atomic E-state index is -3.59. The lowest BCUT2D eigenvalue weighted by Crippen LogP contribution is -2.46. The van der Waals surface area contributed by atoms with E-state index in [0.29, 0.717) is 12.0 Å². The molecule has 0 aliphatic carbocycles. The van der Waals surface area contributed by atoms with E-state index in [2.05, 4.69) is 5.10 Å². The molecule has 0 radical (unpaired) electrons. The average Bonchev–Trinajstić information content (AvgIpc) is 2.90.